The molecule has 0 bridgehead atoms. The number of carboxylic acids is 1. The van der Waals surface area contributed by atoms with Gasteiger partial charge in [0.1, 0.15) is 0 Å². The Bertz CT molecular complexity index is 632. The minimum atomic E-state index is -1.76. The number of fused-ring (bicyclic) bond motifs is 1. The van der Waals surface area contributed by atoms with Gasteiger partial charge in [-0.15, -0.1) is 0 Å². The van der Waals surface area contributed by atoms with Gasteiger partial charge in [0.05, 0.1) is 6.10 Å². The molecule has 1 aliphatic carbocycles. The van der Waals surface area contributed by atoms with Gasteiger partial charge in [0, 0.05) is 25.7 Å². The fourth-order valence-electron chi connectivity index (χ4n) is 3.60. The van der Waals surface area contributed by atoms with Crippen LogP contribution < -0.4 is 5.73 Å². The third-order valence-electron chi connectivity index (χ3n) is 5.13. The van der Waals surface area contributed by atoms with Gasteiger partial charge in [0.15, 0.2) is 5.41 Å². The highest BCUT2D eigenvalue weighted by atomic mass is 16.5. The summed E-state index contributed by atoms with van der Waals surface area (Å²) in [5.41, 5.74) is 6.36. The molecular weight excluding hydrogens is 322 g/mol. The number of hydrogen-bond acceptors (Lipinski definition) is 5. The SMILES string of the molecule is CCC(C)OC(=O)C(CCOC)(C(=O)O)[C@@H]1c2ccccc2C[C@H]1N. The Balaban J connectivity index is 2.53. The molecule has 0 heterocycles. The minimum absolute atomic E-state index is 0.0147. The van der Waals surface area contributed by atoms with E-state index in [4.69, 9.17) is 15.2 Å². The predicted molar refractivity (Wildman–Crippen MR) is 93.3 cm³/mol. The Morgan fingerprint density at radius 2 is 2.08 bits per heavy atom. The number of rotatable bonds is 8. The second kappa shape index (κ2) is 7.97. The van der Waals surface area contributed by atoms with Crippen LogP contribution in [-0.4, -0.2) is 42.9 Å². The molecule has 0 saturated heterocycles. The van der Waals surface area contributed by atoms with Crippen molar-refractivity contribution in [2.75, 3.05) is 13.7 Å². The first-order valence-electron chi connectivity index (χ1n) is 8.65. The van der Waals surface area contributed by atoms with Gasteiger partial charge in [-0.2, -0.15) is 0 Å². The van der Waals surface area contributed by atoms with E-state index in [2.05, 4.69) is 0 Å². The van der Waals surface area contributed by atoms with Crippen LogP contribution in [0.5, 0.6) is 0 Å². The third kappa shape index (κ3) is 3.55. The predicted octanol–water partition coefficient (Wildman–Crippen LogP) is 2.10. The maximum Gasteiger partial charge on any atom is 0.324 e. The van der Waals surface area contributed by atoms with Crippen LogP contribution in [0, 0.1) is 5.41 Å². The van der Waals surface area contributed by atoms with E-state index in [0.29, 0.717) is 12.8 Å². The van der Waals surface area contributed by atoms with Gasteiger partial charge >= 0.3 is 11.9 Å². The number of esters is 1. The minimum Gasteiger partial charge on any atom is -0.480 e. The summed E-state index contributed by atoms with van der Waals surface area (Å²) in [6.07, 6.45) is 0.806. The summed E-state index contributed by atoms with van der Waals surface area (Å²) >= 11 is 0. The zero-order valence-corrected chi connectivity index (χ0v) is 15.0. The van der Waals surface area contributed by atoms with Crippen molar-refractivity contribution in [1.82, 2.24) is 0 Å². The average molecular weight is 349 g/mol. The summed E-state index contributed by atoms with van der Waals surface area (Å²) in [5.74, 6) is -2.59. The number of carbonyl (C=O) groups is 2. The van der Waals surface area contributed by atoms with Gasteiger partial charge in [-0.3, -0.25) is 9.59 Å². The summed E-state index contributed by atoms with van der Waals surface area (Å²) < 4.78 is 10.6. The van der Waals surface area contributed by atoms with Crippen LogP contribution in [0.4, 0.5) is 0 Å². The fourth-order valence-corrected chi connectivity index (χ4v) is 3.60. The zero-order chi connectivity index (χ0) is 18.6. The maximum atomic E-state index is 13.0. The molecule has 0 radical (unpaired) electrons. The molecule has 6 nitrogen and oxygen atoms in total. The Kier molecular flexibility index (Phi) is 6.19. The first-order chi connectivity index (χ1) is 11.9. The number of ether oxygens (including phenoxy) is 2. The van der Waals surface area contributed by atoms with E-state index < -0.39 is 29.3 Å². The van der Waals surface area contributed by atoms with Crippen molar-refractivity contribution < 1.29 is 24.2 Å². The van der Waals surface area contributed by atoms with Crippen molar-refractivity contribution in [2.45, 2.75) is 51.2 Å². The number of aliphatic carboxylic acids is 1. The fraction of sp³-hybridized carbons (Fsp3) is 0.579. The van der Waals surface area contributed by atoms with Crippen LogP contribution in [0.3, 0.4) is 0 Å². The second-order valence-electron chi connectivity index (χ2n) is 6.69. The third-order valence-corrected chi connectivity index (χ3v) is 5.13. The maximum absolute atomic E-state index is 13.0. The summed E-state index contributed by atoms with van der Waals surface area (Å²) in [7, 11) is 1.48. The first-order valence-corrected chi connectivity index (χ1v) is 8.65. The van der Waals surface area contributed by atoms with Crippen LogP contribution >= 0.6 is 0 Å². The van der Waals surface area contributed by atoms with Gasteiger partial charge in [-0.1, -0.05) is 31.2 Å². The van der Waals surface area contributed by atoms with Gasteiger partial charge in [-0.25, -0.2) is 0 Å². The van der Waals surface area contributed by atoms with Crippen LogP contribution in [0.2, 0.25) is 0 Å². The van der Waals surface area contributed by atoms with E-state index in [0.717, 1.165) is 11.1 Å². The van der Waals surface area contributed by atoms with Crippen LogP contribution in [0.15, 0.2) is 24.3 Å². The molecule has 25 heavy (non-hydrogen) atoms. The van der Waals surface area contributed by atoms with E-state index in [-0.39, 0.29) is 19.1 Å². The molecule has 1 aromatic carbocycles. The first kappa shape index (κ1) is 19.4. The van der Waals surface area contributed by atoms with E-state index in [1.165, 1.54) is 7.11 Å². The van der Waals surface area contributed by atoms with Crippen molar-refractivity contribution in [3.05, 3.63) is 35.4 Å². The standard InChI is InChI=1S/C19H27NO5/c1-4-12(2)25-18(23)19(17(21)22,9-10-24-3)16-14-8-6-5-7-13(14)11-15(16)20/h5-8,12,15-16H,4,9-11,20H2,1-3H3,(H,21,22)/t12?,15-,16-,19?/m1/s1. The summed E-state index contributed by atoms with van der Waals surface area (Å²) in [5, 5.41) is 10.1. The molecule has 3 N–H and O–H groups in total. The Hall–Kier alpha value is -1.92. The highest BCUT2D eigenvalue weighted by Gasteiger charge is 2.58. The summed E-state index contributed by atoms with van der Waals surface area (Å²) in [4.78, 5) is 25.4. The van der Waals surface area contributed by atoms with Crippen molar-refractivity contribution in [1.29, 1.82) is 0 Å². The Morgan fingerprint density at radius 3 is 2.68 bits per heavy atom. The van der Waals surface area contributed by atoms with Crippen molar-refractivity contribution in [2.24, 2.45) is 11.1 Å². The number of hydrogen-bond donors (Lipinski definition) is 2. The molecule has 1 aliphatic rings. The molecule has 4 atom stereocenters. The molecule has 0 amide bonds. The number of carbonyl (C=O) groups excluding carboxylic acids is 1. The number of benzene rings is 1. The smallest absolute Gasteiger partial charge is 0.324 e. The molecule has 0 saturated carbocycles. The molecule has 0 spiro atoms. The van der Waals surface area contributed by atoms with E-state index >= 15 is 0 Å². The van der Waals surface area contributed by atoms with E-state index in [9.17, 15) is 14.7 Å². The van der Waals surface area contributed by atoms with E-state index in [1.807, 2.05) is 31.2 Å². The Morgan fingerprint density at radius 1 is 1.40 bits per heavy atom. The normalized spacial score (nSPS) is 22.7. The number of methoxy groups -OCH3 is 1. The lowest BCUT2D eigenvalue weighted by molar-refractivity contribution is -0.176. The van der Waals surface area contributed by atoms with Crippen molar-refractivity contribution >= 4 is 11.9 Å². The van der Waals surface area contributed by atoms with Crippen LogP contribution in [0.25, 0.3) is 0 Å². The lowest BCUT2D eigenvalue weighted by atomic mass is 9.68. The average Bonchev–Trinajstić information content (AvgIpc) is 2.91. The highest BCUT2D eigenvalue weighted by molar-refractivity contribution is 6.01. The van der Waals surface area contributed by atoms with Crippen molar-refractivity contribution in [3.63, 3.8) is 0 Å². The van der Waals surface area contributed by atoms with E-state index in [1.54, 1.807) is 6.92 Å². The Labute approximate surface area is 148 Å². The quantitative estimate of drug-likeness (QED) is 0.551. The van der Waals surface area contributed by atoms with Gasteiger partial charge in [-0.05, 0) is 37.3 Å². The molecular formula is C19H27NO5. The largest absolute Gasteiger partial charge is 0.480 e. The lowest BCUT2D eigenvalue weighted by Crippen LogP contribution is -2.51. The van der Waals surface area contributed by atoms with Gasteiger partial charge < -0.3 is 20.3 Å². The molecule has 0 aromatic heterocycles. The molecule has 2 rings (SSSR count). The zero-order valence-electron chi connectivity index (χ0n) is 15.0. The lowest BCUT2D eigenvalue weighted by Gasteiger charge is -2.36. The molecule has 0 aliphatic heterocycles. The van der Waals surface area contributed by atoms with Crippen LogP contribution in [-0.2, 0) is 25.5 Å². The van der Waals surface area contributed by atoms with Gasteiger partial charge in [0.2, 0.25) is 0 Å². The summed E-state index contributed by atoms with van der Waals surface area (Å²) in [6.45, 7) is 3.77. The number of nitrogens with two attached hydrogens (primary N) is 1. The second-order valence-corrected chi connectivity index (χ2v) is 6.69. The highest BCUT2D eigenvalue weighted by Crippen LogP contribution is 2.48. The summed E-state index contributed by atoms with van der Waals surface area (Å²) in [6, 6.07) is 7.05. The van der Waals surface area contributed by atoms with Crippen LogP contribution in [0.1, 0.15) is 43.7 Å². The molecule has 138 valence electrons. The molecule has 0 fully saturated rings. The molecule has 2 unspecified atom stereocenters. The topological polar surface area (TPSA) is 98.8 Å². The molecule has 1 aromatic rings. The van der Waals surface area contributed by atoms with Gasteiger partial charge in [0.25, 0.3) is 0 Å². The number of carboxylic acid groups (broad SMARTS) is 1. The molecule has 6 heteroatoms. The van der Waals surface area contributed by atoms with Crippen molar-refractivity contribution in [3.8, 4) is 0 Å². The monoisotopic (exact) mass is 349 g/mol.